The molecule has 40 heteroatoms. The Morgan fingerprint density at radius 2 is 0.974 bits per heavy atom. The summed E-state index contributed by atoms with van der Waals surface area (Å²) in [7, 11) is -12.3. The summed E-state index contributed by atoms with van der Waals surface area (Å²) >= 11 is 10.3. The topological polar surface area (TPSA) is 477 Å². The molecule has 6 aliphatic rings. The lowest BCUT2D eigenvalue weighted by Crippen LogP contribution is -2.30. The first-order valence-electron chi connectivity index (χ1n) is 36.2. The number of carbonyl (C=O) groups is 3. The van der Waals surface area contributed by atoms with Crippen LogP contribution >= 0.6 is 45.6 Å². The van der Waals surface area contributed by atoms with Crippen molar-refractivity contribution in [1.29, 1.82) is 0 Å². The molecule has 3 aliphatic heterocycles. The van der Waals surface area contributed by atoms with E-state index in [1.165, 1.54) is 71.4 Å². The minimum atomic E-state index is -4.14. The second-order valence-corrected chi connectivity index (χ2v) is 36.3. The quantitative estimate of drug-likeness (QED) is 0.0263. The number of hydrogen-bond acceptors (Lipinski definition) is 31. The minimum absolute atomic E-state index is 0.0313. The summed E-state index contributed by atoms with van der Waals surface area (Å²) < 4.78 is 121. The number of nitrogens with one attached hydrogen (secondary N) is 4. The van der Waals surface area contributed by atoms with Gasteiger partial charge in [0.05, 0.1) is 98.7 Å². The van der Waals surface area contributed by atoms with E-state index in [-0.39, 0.29) is 95.3 Å². The van der Waals surface area contributed by atoms with Crippen molar-refractivity contribution in [3.63, 3.8) is 0 Å². The van der Waals surface area contributed by atoms with Crippen LogP contribution in [0.25, 0.3) is 0 Å². The standard InChI is InChI=1S/C25H29N5O6S2.C25H29N5O5S2.C24H23ClF2N4O6S2/c1-13-3-4-15-5-6-35-24(22(15)29-13)18-9-21(37-14(18)2)23(32)19-10-27-12-28-25(19)30-17-7-16(20(31)8-17)11-36-38(26,33)34;1-14-19(23-18-5-3-2-4-15(18)6-7-28-23)10-22(36-14)24(32)20-11-27-13-29-25(20)30-17-8-16(21(31)9-17)12-35-37(26,33)34;25-23-15(22-14-6-18(27)17(26)4-11(14)1-2-36-22)7-20(38-23)21(33)16-8-29-10-30-24(16)31-13-3-12(19(32)5-13)9-37-39(28,34)35/h3-4,9-10,12,16-17,20,24,31H,5-8,11H2,1-2H3,(H2,26,33,34)(H,27,28,30);2-5,10-11,13,16-17,21,23,28,31H,6-9,12H2,1H3,(H2,26,33,34)(H,27,29,30);4,6-8,10,12-13,19,22,32H,1-3,5,9H2,(H2,28,34,35)(H,29,30,31)/t16-,17-,20+,24?;16-,17-,21+,23?;12-,13-,19+,22?/m111/s1. The highest BCUT2D eigenvalue weighted by molar-refractivity contribution is 7.84. The highest BCUT2D eigenvalue weighted by Gasteiger charge is 2.40. The number of nitrogens with zero attached hydrogens (tertiary/aromatic N) is 7. The third-order valence-corrected chi connectivity index (χ3v) is 25.6. The number of aliphatic hydroxyl groups excluding tert-OH is 3. The van der Waals surface area contributed by atoms with Gasteiger partial charge in [0.2, 0.25) is 17.3 Å². The normalized spacial score (nSPS) is 23.3. The molecule has 0 radical (unpaired) electrons. The Labute approximate surface area is 672 Å². The number of aromatic nitrogens is 7. The van der Waals surface area contributed by atoms with Crippen LogP contribution < -0.4 is 36.7 Å². The van der Waals surface area contributed by atoms with Crippen LogP contribution in [0.2, 0.25) is 4.34 Å². The molecule has 10 heterocycles. The Balaban J connectivity index is 0.000000149. The number of ketones is 3. The van der Waals surface area contributed by atoms with Gasteiger partial charge in [-0.05, 0) is 148 Å². The molecule has 31 nitrogen and oxygen atoms in total. The summed E-state index contributed by atoms with van der Waals surface area (Å²) in [5, 5.41) is 58.9. The van der Waals surface area contributed by atoms with Crippen LogP contribution in [0.1, 0.15) is 168 Å². The van der Waals surface area contributed by atoms with E-state index in [0.717, 1.165) is 80.7 Å². The maximum atomic E-state index is 14.0. The molecule has 12 atom stereocenters. The van der Waals surface area contributed by atoms with Crippen molar-refractivity contribution in [3.05, 3.63) is 217 Å². The Morgan fingerprint density at radius 3 is 1.47 bits per heavy atom. The molecule has 9 aromatic rings. The van der Waals surface area contributed by atoms with Crippen LogP contribution in [0.15, 0.2) is 104 Å². The zero-order valence-corrected chi connectivity index (χ0v) is 67.0. The van der Waals surface area contributed by atoms with Crippen molar-refractivity contribution in [2.24, 2.45) is 33.2 Å². The fraction of sp³-hybridized carbons (Fsp3) is 0.405. The van der Waals surface area contributed by atoms with Crippen molar-refractivity contribution < 1.29 is 85.8 Å². The van der Waals surface area contributed by atoms with Crippen LogP contribution in [-0.4, -0.2) is 169 Å². The summed E-state index contributed by atoms with van der Waals surface area (Å²) in [5.74, 6) is -3.16. The number of rotatable bonds is 24. The average Bonchev–Trinajstić information content (AvgIpc) is 0.937. The third-order valence-electron chi connectivity index (χ3n) is 20.7. The summed E-state index contributed by atoms with van der Waals surface area (Å²) in [4.78, 5) is 73.7. The monoisotopic (exact) mass is 1700 g/mol. The Kier molecular flexibility index (Phi) is 26.3. The second-order valence-electron chi connectivity index (χ2n) is 28.5. The van der Waals surface area contributed by atoms with Gasteiger partial charge in [-0.25, -0.2) is 54.1 Å². The maximum absolute atomic E-state index is 14.0. The van der Waals surface area contributed by atoms with Gasteiger partial charge in [0, 0.05) is 87.6 Å². The molecular weight excluding hydrogens is 1620 g/mol. The number of aliphatic hydroxyl groups is 3. The van der Waals surface area contributed by atoms with Crippen LogP contribution in [0.5, 0.6) is 0 Å². The number of thiophene rings is 3. The molecule has 2 aromatic carbocycles. The lowest BCUT2D eigenvalue weighted by atomic mass is 9.90. The van der Waals surface area contributed by atoms with E-state index in [1.54, 1.807) is 6.07 Å². The van der Waals surface area contributed by atoms with Gasteiger partial charge in [-0.15, -0.1) is 34.0 Å². The molecule has 0 amide bonds. The maximum Gasteiger partial charge on any atom is 0.333 e. The first-order chi connectivity index (χ1) is 54.3. The molecular formula is C74H81ClF2N14O17S6. The molecule has 3 saturated carbocycles. The molecule has 114 heavy (non-hydrogen) atoms. The molecule has 3 aliphatic carbocycles. The molecule has 7 aromatic heterocycles. The first-order valence-corrected chi connectivity index (χ1v) is 43.4. The molecule has 606 valence electrons. The van der Waals surface area contributed by atoms with E-state index in [1.807, 2.05) is 45.0 Å². The summed E-state index contributed by atoms with van der Waals surface area (Å²) in [6.45, 7) is 6.98. The number of aryl methyl sites for hydroxylation is 3. The van der Waals surface area contributed by atoms with Gasteiger partial charge in [-0.1, -0.05) is 41.9 Å². The number of nitrogens with two attached hydrogens (primary N) is 3. The van der Waals surface area contributed by atoms with Gasteiger partial charge in [0.1, 0.15) is 48.6 Å². The SMILES string of the molecule is Cc1ccc2c(n1)C(c1cc(C(=O)c3cncnc3N[C@@H]3C[C@H](COS(N)(=O)=O)[C@@H](O)C3)sc1C)OCC2.Cc1sc(C(=O)c2cncnc2N[C@@H]2C[C@H](COS(N)(=O)=O)[C@@H](O)C2)cc1C1NCCc2ccccc21.NS(=O)(=O)OC[C@H]1C[C@@H](Nc2ncncc2C(=O)c2cc(C3OCCc4cc(F)c(F)cc43)c(Cl)s2)C[C@@H]1O. The number of benzene rings is 2. The van der Waals surface area contributed by atoms with Crippen molar-refractivity contribution in [2.45, 2.75) is 133 Å². The minimum Gasteiger partial charge on any atom is -0.393 e. The summed E-state index contributed by atoms with van der Waals surface area (Å²) in [5.41, 5.74) is 9.82. The Morgan fingerprint density at radius 1 is 0.535 bits per heavy atom. The molecule has 0 spiro atoms. The molecule has 3 unspecified atom stereocenters. The zero-order valence-electron chi connectivity index (χ0n) is 61.4. The van der Waals surface area contributed by atoms with Crippen LogP contribution in [0.3, 0.4) is 0 Å². The van der Waals surface area contributed by atoms with Gasteiger partial charge < -0.3 is 46.1 Å². The van der Waals surface area contributed by atoms with Crippen LogP contribution in [0.4, 0.5) is 26.2 Å². The van der Waals surface area contributed by atoms with E-state index < -0.39 is 90.5 Å². The second kappa shape index (κ2) is 35.8. The van der Waals surface area contributed by atoms with E-state index in [9.17, 15) is 63.7 Å². The predicted octanol–water partition coefficient (Wildman–Crippen LogP) is 7.43. The number of halogens is 3. The molecule has 0 saturated heterocycles. The van der Waals surface area contributed by atoms with Gasteiger partial charge in [0.25, 0.3) is 0 Å². The van der Waals surface area contributed by atoms with Crippen molar-refractivity contribution >= 4 is 111 Å². The van der Waals surface area contributed by atoms with Crippen molar-refractivity contribution in [3.8, 4) is 0 Å². The van der Waals surface area contributed by atoms with Crippen LogP contribution in [-0.2, 0) is 72.2 Å². The lowest BCUT2D eigenvalue weighted by Gasteiger charge is -2.27. The van der Waals surface area contributed by atoms with E-state index >= 15 is 0 Å². The first kappa shape index (κ1) is 83.8. The summed E-state index contributed by atoms with van der Waals surface area (Å²) in [6, 6.07) is 19.3. The Bertz CT molecular complexity index is 5440. The molecule has 3 fully saturated rings. The van der Waals surface area contributed by atoms with Gasteiger partial charge >= 0.3 is 30.9 Å². The Hall–Kier alpha value is -8.14. The number of anilines is 3. The van der Waals surface area contributed by atoms with E-state index in [4.69, 9.17) is 41.5 Å². The highest BCUT2D eigenvalue weighted by atomic mass is 35.5. The fourth-order valence-corrected chi connectivity index (χ4v) is 19.5. The predicted molar refractivity (Wildman–Crippen MR) is 418 cm³/mol. The van der Waals surface area contributed by atoms with Gasteiger partial charge in [-0.3, -0.25) is 31.9 Å². The van der Waals surface area contributed by atoms with Gasteiger partial charge in [-0.2, -0.15) is 25.3 Å². The van der Waals surface area contributed by atoms with Gasteiger partial charge in [0.15, 0.2) is 11.6 Å². The van der Waals surface area contributed by atoms with E-state index in [2.05, 4.69) is 88.0 Å². The average molecular weight is 1700 g/mol. The molecule has 0 bridgehead atoms. The van der Waals surface area contributed by atoms with Crippen LogP contribution in [0, 0.1) is 50.2 Å². The van der Waals surface area contributed by atoms with Crippen molar-refractivity contribution in [2.75, 3.05) is 55.5 Å². The van der Waals surface area contributed by atoms with E-state index in [0.29, 0.717) is 94.3 Å². The van der Waals surface area contributed by atoms with Crippen molar-refractivity contribution in [1.82, 2.24) is 40.2 Å². The largest absolute Gasteiger partial charge is 0.393 e. The number of fused-ring (bicyclic) bond motifs is 3. The smallest absolute Gasteiger partial charge is 0.333 e. The lowest BCUT2D eigenvalue weighted by molar-refractivity contribution is 0.0661. The summed E-state index contributed by atoms with van der Waals surface area (Å²) in [6.07, 6.45) is 9.12. The number of pyridine rings is 1. The third kappa shape index (κ3) is 20.3. The highest BCUT2D eigenvalue weighted by Crippen LogP contribution is 2.44. The number of hydrogen-bond donors (Lipinski definition) is 10. The number of carbonyl (C=O) groups excluding carboxylic acids is 3. The molecule has 13 N–H and O–H groups in total. The fourth-order valence-electron chi connectivity index (χ4n) is 15.1. The number of ether oxygens (including phenoxy) is 2. The molecule has 15 rings (SSSR count). The zero-order chi connectivity index (χ0) is 81.1.